The van der Waals surface area contributed by atoms with Crippen LogP contribution in [0.3, 0.4) is 0 Å². The van der Waals surface area contributed by atoms with Gasteiger partial charge in [0.05, 0.1) is 17.3 Å². The number of hydrogen-bond acceptors (Lipinski definition) is 3. The Kier molecular flexibility index (Phi) is 2.01. The molecular formula is C11H13BrN4. The van der Waals surface area contributed by atoms with E-state index in [2.05, 4.69) is 46.3 Å². The molecule has 84 valence electrons. The third-order valence-corrected chi connectivity index (χ3v) is 3.65. The second kappa shape index (κ2) is 3.20. The molecule has 1 atom stereocenters. The van der Waals surface area contributed by atoms with Gasteiger partial charge in [-0.1, -0.05) is 6.08 Å². The fourth-order valence-corrected chi connectivity index (χ4v) is 2.76. The second-order valence-corrected chi connectivity index (χ2v) is 5.33. The molecule has 1 aromatic heterocycles. The van der Waals surface area contributed by atoms with Crippen molar-refractivity contribution in [3.63, 3.8) is 0 Å². The lowest BCUT2D eigenvalue weighted by molar-refractivity contribution is 0.532. The third kappa shape index (κ3) is 1.21. The Morgan fingerprint density at radius 3 is 2.94 bits per heavy atom. The smallest absolute Gasteiger partial charge is 0.139 e. The highest BCUT2D eigenvalue weighted by Crippen LogP contribution is 2.38. The van der Waals surface area contributed by atoms with Gasteiger partial charge in [0.15, 0.2) is 0 Å². The van der Waals surface area contributed by atoms with Gasteiger partial charge in [-0.05, 0) is 41.8 Å². The van der Waals surface area contributed by atoms with E-state index in [1.54, 1.807) is 0 Å². The van der Waals surface area contributed by atoms with Gasteiger partial charge < -0.3 is 5.32 Å². The minimum Gasteiger partial charge on any atom is -0.363 e. The number of hydrogen-bond donors (Lipinski definition) is 2. The van der Waals surface area contributed by atoms with Gasteiger partial charge in [-0.2, -0.15) is 5.10 Å². The summed E-state index contributed by atoms with van der Waals surface area (Å²) in [5.41, 5.74) is 2.63. The molecule has 0 fully saturated rings. The Labute approximate surface area is 102 Å². The molecule has 2 aliphatic heterocycles. The molecule has 0 aromatic carbocycles. The zero-order chi connectivity index (χ0) is 11.4. The van der Waals surface area contributed by atoms with Crippen molar-refractivity contribution in [3.05, 3.63) is 21.8 Å². The first-order valence-corrected chi connectivity index (χ1v) is 6.21. The van der Waals surface area contributed by atoms with Gasteiger partial charge in [0.1, 0.15) is 10.4 Å². The molecule has 0 spiro atoms. The molecule has 0 saturated carbocycles. The van der Waals surface area contributed by atoms with E-state index < -0.39 is 0 Å². The quantitative estimate of drug-likeness (QED) is 0.831. The summed E-state index contributed by atoms with van der Waals surface area (Å²) < 4.78 is 2.71. The van der Waals surface area contributed by atoms with E-state index in [4.69, 9.17) is 5.41 Å². The van der Waals surface area contributed by atoms with Crippen molar-refractivity contribution in [2.24, 2.45) is 0 Å². The monoisotopic (exact) mass is 280 g/mol. The zero-order valence-electron chi connectivity index (χ0n) is 9.21. The summed E-state index contributed by atoms with van der Waals surface area (Å²) in [5.74, 6) is 0.973. The minimum absolute atomic E-state index is 0.292. The Morgan fingerprint density at radius 1 is 1.62 bits per heavy atom. The number of nitrogens with one attached hydrogen (secondary N) is 2. The maximum absolute atomic E-state index is 8.16. The van der Waals surface area contributed by atoms with Crippen LogP contribution in [-0.4, -0.2) is 21.5 Å². The fourth-order valence-electron chi connectivity index (χ4n) is 2.20. The zero-order valence-corrected chi connectivity index (χ0v) is 10.8. The van der Waals surface area contributed by atoms with E-state index in [0.29, 0.717) is 17.8 Å². The van der Waals surface area contributed by atoms with Crippen LogP contribution in [0.25, 0.3) is 0 Å². The number of halogens is 1. The number of rotatable bonds is 1. The highest BCUT2D eigenvalue weighted by molar-refractivity contribution is 9.10. The fraction of sp³-hybridized carbons (Fsp3) is 0.455. The molecule has 0 saturated heterocycles. The number of nitrogens with zero attached hydrogens (tertiary/aromatic N) is 2. The SMILES string of the molecule is CC(C)n1nc(Br)c2c1NC1C=C(C1)C2=N. The van der Waals surface area contributed by atoms with Crippen LogP contribution in [0.2, 0.25) is 0 Å². The van der Waals surface area contributed by atoms with Crippen LogP contribution < -0.4 is 5.32 Å². The predicted octanol–water partition coefficient (Wildman–Crippen LogP) is 2.72. The van der Waals surface area contributed by atoms with Crippen molar-refractivity contribution in [3.8, 4) is 0 Å². The first kappa shape index (κ1) is 10.1. The van der Waals surface area contributed by atoms with Crippen LogP contribution in [0.5, 0.6) is 0 Å². The molecule has 1 aliphatic carbocycles. The molecule has 3 heterocycles. The number of aromatic nitrogens is 2. The highest BCUT2D eigenvalue weighted by Gasteiger charge is 2.33. The van der Waals surface area contributed by atoms with Crippen molar-refractivity contribution < 1.29 is 0 Å². The van der Waals surface area contributed by atoms with Crippen molar-refractivity contribution in [1.82, 2.24) is 9.78 Å². The van der Waals surface area contributed by atoms with Crippen LogP contribution in [0.1, 0.15) is 31.9 Å². The summed E-state index contributed by atoms with van der Waals surface area (Å²) in [6.45, 7) is 4.19. The maximum atomic E-state index is 8.16. The van der Waals surface area contributed by atoms with Gasteiger partial charge in [0.2, 0.25) is 0 Å². The highest BCUT2D eigenvalue weighted by atomic mass is 79.9. The van der Waals surface area contributed by atoms with Crippen LogP contribution in [0, 0.1) is 5.41 Å². The van der Waals surface area contributed by atoms with Crippen LogP contribution >= 0.6 is 15.9 Å². The van der Waals surface area contributed by atoms with Gasteiger partial charge in [0.25, 0.3) is 0 Å². The summed E-state index contributed by atoms with van der Waals surface area (Å²) >= 11 is 3.45. The first-order chi connectivity index (χ1) is 7.58. The van der Waals surface area contributed by atoms with Gasteiger partial charge in [-0.15, -0.1) is 0 Å². The molecule has 3 aliphatic rings. The average Bonchev–Trinajstić information content (AvgIpc) is 2.30. The van der Waals surface area contributed by atoms with Crippen LogP contribution in [0.4, 0.5) is 5.82 Å². The minimum atomic E-state index is 0.292. The standard InChI is InChI=1S/C11H13BrN4/c1-5(2)16-11-8(10(12)15-16)9(13)6-3-7(4-6)14-11/h3,5,7,13-14H,4H2,1-2H3. The Balaban J connectivity index is 2.20. The molecular weight excluding hydrogens is 268 g/mol. The normalized spacial score (nSPS) is 22.1. The molecule has 16 heavy (non-hydrogen) atoms. The maximum Gasteiger partial charge on any atom is 0.139 e. The largest absolute Gasteiger partial charge is 0.363 e. The van der Waals surface area contributed by atoms with Crippen molar-refractivity contribution in [1.29, 1.82) is 5.41 Å². The molecule has 1 unspecified atom stereocenters. The van der Waals surface area contributed by atoms with Crippen molar-refractivity contribution >= 4 is 27.5 Å². The second-order valence-electron chi connectivity index (χ2n) is 4.57. The molecule has 0 radical (unpaired) electrons. The van der Waals surface area contributed by atoms with E-state index >= 15 is 0 Å². The Morgan fingerprint density at radius 2 is 2.31 bits per heavy atom. The summed E-state index contributed by atoms with van der Waals surface area (Å²) in [7, 11) is 0. The number of anilines is 1. The van der Waals surface area contributed by atoms with Gasteiger partial charge in [0, 0.05) is 6.04 Å². The Hall–Kier alpha value is -1.10. The van der Waals surface area contributed by atoms with Crippen LogP contribution in [0.15, 0.2) is 16.3 Å². The molecule has 0 amide bonds. The average molecular weight is 281 g/mol. The van der Waals surface area contributed by atoms with E-state index in [-0.39, 0.29) is 0 Å². The predicted molar refractivity (Wildman–Crippen MR) is 67.3 cm³/mol. The molecule has 4 rings (SSSR count). The van der Waals surface area contributed by atoms with Crippen LogP contribution in [-0.2, 0) is 0 Å². The molecule has 5 heteroatoms. The summed E-state index contributed by atoms with van der Waals surface area (Å²) in [5, 5.41) is 16.0. The summed E-state index contributed by atoms with van der Waals surface area (Å²) in [4.78, 5) is 0. The molecule has 2 N–H and O–H groups in total. The lowest BCUT2D eigenvalue weighted by Gasteiger charge is -2.23. The molecule has 4 nitrogen and oxygen atoms in total. The van der Waals surface area contributed by atoms with Gasteiger partial charge in [-0.25, -0.2) is 4.68 Å². The van der Waals surface area contributed by atoms with E-state index in [9.17, 15) is 0 Å². The van der Waals surface area contributed by atoms with E-state index in [1.807, 2.05) is 4.68 Å². The lowest BCUT2D eigenvalue weighted by Crippen LogP contribution is -2.26. The molecule has 2 bridgehead atoms. The van der Waals surface area contributed by atoms with Crippen molar-refractivity contribution in [2.45, 2.75) is 32.4 Å². The topological polar surface area (TPSA) is 53.7 Å². The third-order valence-electron chi connectivity index (χ3n) is 3.09. The molecule has 1 aromatic rings. The van der Waals surface area contributed by atoms with E-state index in [1.165, 1.54) is 0 Å². The van der Waals surface area contributed by atoms with Gasteiger partial charge in [-0.3, -0.25) is 5.41 Å². The summed E-state index contributed by atoms with van der Waals surface area (Å²) in [6.07, 6.45) is 3.08. The van der Waals surface area contributed by atoms with Gasteiger partial charge >= 0.3 is 0 Å². The Bertz CT molecular complexity index is 512. The summed E-state index contributed by atoms with van der Waals surface area (Å²) in [6, 6.07) is 0.665. The van der Waals surface area contributed by atoms with E-state index in [0.717, 1.165) is 28.0 Å². The lowest BCUT2D eigenvalue weighted by atomic mass is 9.90. The van der Waals surface area contributed by atoms with Crippen molar-refractivity contribution in [2.75, 3.05) is 5.32 Å². The first-order valence-electron chi connectivity index (χ1n) is 5.42.